The van der Waals surface area contributed by atoms with Crippen LogP contribution in [-0.4, -0.2) is 102 Å². The van der Waals surface area contributed by atoms with Crippen LogP contribution < -0.4 is 30.1 Å². The Labute approximate surface area is 684 Å². The normalized spacial score (nSPS) is 24.3. The number of carbonyl (C=O) groups excluding carboxylic acids is 8. The van der Waals surface area contributed by atoms with Gasteiger partial charge < -0.3 is 30.1 Å². The quantitative estimate of drug-likeness (QED) is 0.0339. The second-order valence-electron chi connectivity index (χ2n) is 34.2. The number of benzene rings is 4. The van der Waals surface area contributed by atoms with E-state index in [2.05, 4.69) is 19.9 Å². The van der Waals surface area contributed by atoms with E-state index in [-0.39, 0.29) is 95.9 Å². The molecule has 0 saturated heterocycles. The predicted octanol–water partition coefficient (Wildman–Crippen LogP) is 17.3. The summed E-state index contributed by atoms with van der Waals surface area (Å²) in [5.41, 5.74) is 13.1. The molecule has 117 heavy (non-hydrogen) atoms. The van der Waals surface area contributed by atoms with E-state index in [1.165, 1.54) is 37.9 Å². The van der Waals surface area contributed by atoms with E-state index in [0.717, 1.165) is 122 Å². The van der Waals surface area contributed by atoms with Gasteiger partial charge in [-0.1, -0.05) is 87.8 Å². The van der Waals surface area contributed by atoms with E-state index in [1.54, 1.807) is 148 Å². The smallest absolute Gasteiger partial charge is 0.226 e. The Hall–Kier alpha value is -10.4. The van der Waals surface area contributed by atoms with Crippen molar-refractivity contribution in [1.29, 1.82) is 0 Å². The highest BCUT2D eigenvalue weighted by Crippen LogP contribution is 2.77. The van der Waals surface area contributed by atoms with Crippen molar-refractivity contribution in [2.75, 3.05) is 60.6 Å². The van der Waals surface area contributed by atoms with Gasteiger partial charge in [0.25, 0.3) is 0 Å². The zero-order valence-electron chi connectivity index (χ0n) is 67.9. The zero-order valence-corrected chi connectivity index (χ0v) is 68.7. The molecule has 8 bridgehead atoms. The van der Waals surface area contributed by atoms with Crippen molar-refractivity contribution in [2.24, 2.45) is 21.7 Å². The van der Waals surface area contributed by atoms with Crippen LogP contribution in [0.1, 0.15) is 201 Å². The highest BCUT2D eigenvalue weighted by Gasteiger charge is 2.74. The van der Waals surface area contributed by atoms with Gasteiger partial charge in [0.2, 0.25) is 35.5 Å². The number of nitrogens with zero attached hydrogens (tertiary/aromatic N) is 8. The summed E-state index contributed by atoms with van der Waals surface area (Å²) in [6, 6.07) is 34.5. The number of rotatable bonds is 29. The fourth-order valence-corrected chi connectivity index (χ4v) is 20.1. The minimum absolute atomic E-state index is 0.0783. The Morgan fingerprint density at radius 1 is 0.368 bits per heavy atom. The van der Waals surface area contributed by atoms with Gasteiger partial charge in [-0.15, -0.1) is 0 Å². The molecule has 12 aliphatic carbocycles. The molecule has 0 aliphatic heterocycles. The second-order valence-corrected chi connectivity index (χ2v) is 34.6. The summed E-state index contributed by atoms with van der Waals surface area (Å²) >= 11 is 5.80. The maximum atomic E-state index is 14.6. The summed E-state index contributed by atoms with van der Waals surface area (Å²) < 4.78 is 76.4. The van der Waals surface area contributed by atoms with Crippen molar-refractivity contribution >= 4 is 86.9 Å². The summed E-state index contributed by atoms with van der Waals surface area (Å²) in [6.45, 7) is 7.02. The molecule has 4 amide bonds. The number of carbonyl (C=O) groups is 8. The van der Waals surface area contributed by atoms with E-state index in [0.29, 0.717) is 128 Å². The molecule has 0 radical (unpaired) electrons. The minimum Gasteiger partial charge on any atom is -0.481 e. The zero-order chi connectivity index (χ0) is 84.0. The number of anilines is 5. The Morgan fingerprint density at radius 2 is 0.632 bits per heavy atom. The first kappa shape index (κ1) is 84.5. The van der Waals surface area contributed by atoms with E-state index in [1.807, 2.05) is 42.5 Å². The summed E-state index contributed by atoms with van der Waals surface area (Å²) in [6.07, 6.45) is 21.8. The number of hydrogen-bond donors (Lipinski definition) is 1. The minimum atomic E-state index is -0.523. The third-order valence-electron chi connectivity index (χ3n) is 26.9. The van der Waals surface area contributed by atoms with Crippen molar-refractivity contribution in [3.8, 4) is 5.88 Å². The van der Waals surface area contributed by atoms with E-state index >= 15 is 0 Å². The molecule has 12 aliphatic rings. The predicted molar refractivity (Wildman–Crippen MR) is 438 cm³/mol. The lowest BCUT2D eigenvalue weighted by molar-refractivity contribution is -0.173. The Balaban J connectivity index is 0.000000135. The van der Waals surface area contributed by atoms with Crippen molar-refractivity contribution in [3.63, 3.8) is 0 Å². The molecule has 0 atom stereocenters. The van der Waals surface area contributed by atoms with Crippen LogP contribution in [-0.2, 0) is 85.7 Å². The first-order chi connectivity index (χ1) is 55.7. The number of ketones is 4. The number of aryl methyl sites for hydroxylation is 4. The van der Waals surface area contributed by atoms with E-state index < -0.39 is 11.8 Å². The number of ether oxygens (including phenoxy) is 1. The average molecular weight is 1620 g/mol. The van der Waals surface area contributed by atoms with Gasteiger partial charge in [-0.3, -0.25) is 38.4 Å². The number of amides is 4. The summed E-state index contributed by atoms with van der Waals surface area (Å²) in [5.74, 6) is -0.419. The van der Waals surface area contributed by atoms with Gasteiger partial charge in [-0.2, -0.15) is 4.39 Å². The lowest BCUT2D eigenvalue weighted by Gasteiger charge is -2.70. The molecule has 0 unspecified atom stereocenters. The molecule has 614 valence electrons. The number of nitrogen functional groups attached to an aromatic ring is 1. The summed E-state index contributed by atoms with van der Waals surface area (Å²) in [4.78, 5) is 120. The number of pyridine rings is 4. The molecule has 12 fully saturated rings. The van der Waals surface area contributed by atoms with Crippen molar-refractivity contribution in [3.05, 3.63) is 225 Å². The van der Waals surface area contributed by atoms with Gasteiger partial charge in [-0.05, 0) is 236 Å². The summed E-state index contributed by atoms with van der Waals surface area (Å²) in [7, 11) is 7.93. The molecule has 4 aromatic carbocycles. The third-order valence-corrected chi connectivity index (χ3v) is 27.1. The average Bonchev–Trinajstić information content (AvgIpc) is 0.685. The van der Waals surface area contributed by atoms with Gasteiger partial charge in [-0.25, -0.2) is 37.5 Å². The molecule has 24 heteroatoms. The first-order valence-electron chi connectivity index (χ1n) is 40.5. The lowest BCUT2D eigenvalue weighted by atomic mass is 9.32. The van der Waals surface area contributed by atoms with Crippen molar-refractivity contribution in [2.45, 2.75) is 203 Å². The Kier molecular flexibility index (Phi) is 24.0. The number of nitrogens with two attached hydrogens (primary N) is 1. The Bertz CT molecular complexity index is 4720. The van der Waals surface area contributed by atoms with E-state index in [9.17, 15) is 60.3 Å². The molecule has 20 rings (SSSR count). The van der Waals surface area contributed by atoms with Crippen molar-refractivity contribution < 1.29 is 65.0 Å². The van der Waals surface area contributed by atoms with Crippen LogP contribution >= 0.6 is 11.6 Å². The summed E-state index contributed by atoms with van der Waals surface area (Å²) in [5, 5.41) is 0.449. The van der Waals surface area contributed by atoms with E-state index in [4.69, 9.17) is 22.1 Å². The van der Waals surface area contributed by atoms with Gasteiger partial charge in [0.15, 0.2) is 0 Å². The maximum Gasteiger partial charge on any atom is 0.226 e. The molecule has 18 nitrogen and oxygen atoms in total. The van der Waals surface area contributed by atoms with Crippen LogP contribution in [0.4, 0.5) is 50.5 Å². The van der Waals surface area contributed by atoms with Crippen LogP contribution in [0.3, 0.4) is 0 Å². The third kappa shape index (κ3) is 16.3. The topological polar surface area (TPSA) is 236 Å². The molecule has 12 saturated carbocycles. The monoisotopic (exact) mass is 1620 g/mol. The molecule has 2 N–H and O–H groups in total. The SMILES string of the molecule is CCC(=O)N(C)c1ccc(C23CC(C(=O)CCc4ccc(Cl)nc4)(C2)C3)cc1F.CCC(=O)N(C)c1ccc(C23CC(C(=O)CCc4ccc(F)nc4)(C2)C3)cc1F.CCC(=O)N(C)c1ccc(C23CC(C(=O)CCc4ccc(N)nc4)(C2)C3)cc1F.CCC(=O)N(C)c1ccc(C23CC(C(=O)CCc4ccc(OC)nc4)(C2)C3)cc1F. The van der Waals surface area contributed by atoms with Gasteiger partial charge in [0.05, 0.1) is 29.9 Å². The number of aromatic nitrogens is 4. The van der Waals surface area contributed by atoms with Crippen LogP contribution in [0.5, 0.6) is 5.88 Å². The van der Waals surface area contributed by atoms with Gasteiger partial charge in [0.1, 0.15) is 57.4 Å². The van der Waals surface area contributed by atoms with Crippen LogP contribution in [0.25, 0.3) is 0 Å². The van der Waals surface area contributed by atoms with Crippen LogP contribution in [0, 0.1) is 50.9 Å². The fourth-order valence-electron chi connectivity index (χ4n) is 19.9. The number of Topliss-reactive ketones (excluding diaryl/α,β-unsaturated/α-hetero) is 4. The van der Waals surface area contributed by atoms with Crippen LogP contribution in [0.2, 0.25) is 5.15 Å². The van der Waals surface area contributed by atoms with Gasteiger partial charge in [0, 0.05) is 132 Å². The Morgan fingerprint density at radius 3 is 0.855 bits per heavy atom. The highest BCUT2D eigenvalue weighted by atomic mass is 35.5. The number of methoxy groups -OCH3 is 1. The second kappa shape index (κ2) is 33.2. The highest BCUT2D eigenvalue weighted by molar-refractivity contribution is 6.29. The molecular formula is C93H101ClF5N9O9. The molecule has 4 heterocycles. The standard InChI is InChI=1S/C24H27FN2O3.C23H24ClFN2O2.C23H24F2N2O2.C23H26FN3O2/c1-4-22(29)27(2)19-8-7-17(11-18(19)25)23-13-24(14-23,15-23)20(28)9-5-16-6-10-21(30-3)26-12-16;1-3-21(29)27(2)18-7-6-16(10-17(18)25)22-12-23(13-22,14-22)19(28)8-4-15-5-9-20(24)26-11-15;2*1-3-21(29)27(2)18-7-6-16(10-17(18)24)22-12-23(13-22,14-22)19(28)8-4-15-5-9-20(25)26-11-15/h6-8,10-12H,4-5,9,13-15H2,1-3H3;2*5-7,9-11H,3-4,8,12-14H2,1-2H3;5-7,9-11H,3-4,8,12-14H2,1-2H3,(H2,25,26). The molecule has 8 aromatic rings. The van der Waals surface area contributed by atoms with Crippen molar-refractivity contribution in [1.82, 2.24) is 19.9 Å². The van der Waals surface area contributed by atoms with Gasteiger partial charge >= 0.3 is 0 Å². The first-order valence-corrected chi connectivity index (χ1v) is 40.9. The number of halogens is 6. The maximum absolute atomic E-state index is 14.6. The lowest BCUT2D eigenvalue weighted by Crippen LogP contribution is -2.67. The number of hydrogen-bond acceptors (Lipinski definition) is 14. The molecule has 4 aromatic heterocycles. The fraction of sp³-hybridized carbons (Fsp3) is 0.441. The molecule has 0 spiro atoms. The largest absolute Gasteiger partial charge is 0.481 e. The molecular weight excluding hydrogens is 1520 g/mol. The van der Waals surface area contributed by atoms with Crippen LogP contribution in [0.15, 0.2) is 146 Å².